The number of nitrogens with one attached hydrogen (secondary N) is 6. The number of imide groups is 1. The predicted molar refractivity (Wildman–Crippen MR) is 222 cm³/mol. The fraction of sp³-hybridized carbons (Fsp3) is 0.525. The van der Waals surface area contributed by atoms with Crippen LogP contribution >= 0.6 is 0 Å². The molecular weight excluding hydrogens is 827 g/mol. The first-order valence-corrected chi connectivity index (χ1v) is 20.5. The van der Waals surface area contributed by atoms with E-state index in [-0.39, 0.29) is 38.5 Å². The van der Waals surface area contributed by atoms with Crippen molar-refractivity contribution in [1.29, 1.82) is 0 Å². The molecule has 23 nitrogen and oxygen atoms in total. The molecule has 0 spiro atoms. The largest absolute Gasteiger partial charge is 0.445 e. The fourth-order valence-electron chi connectivity index (χ4n) is 7.46. The third-order valence-corrected chi connectivity index (χ3v) is 11.1. The van der Waals surface area contributed by atoms with Gasteiger partial charge in [-0.2, -0.15) is 0 Å². The minimum Gasteiger partial charge on any atom is -0.445 e. The van der Waals surface area contributed by atoms with Gasteiger partial charge in [-0.25, -0.2) is 14.8 Å². The Balaban J connectivity index is 0.953. The Labute approximate surface area is 361 Å². The van der Waals surface area contributed by atoms with Gasteiger partial charge in [0.25, 0.3) is 11.8 Å². The van der Waals surface area contributed by atoms with E-state index < -0.39 is 96.3 Å². The number of anilines is 4. The zero-order chi connectivity index (χ0) is 45.7. The van der Waals surface area contributed by atoms with E-state index in [1.165, 1.54) is 13.3 Å². The molecular formula is C40H53N11O12. The van der Waals surface area contributed by atoms with Gasteiger partial charge in [0.2, 0.25) is 23.6 Å². The predicted octanol–water partition coefficient (Wildman–Crippen LogP) is -1.67. The lowest BCUT2D eigenvalue weighted by molar-refractivity contribution is -0.173. The average molecular weight is 880 g/mol. The highest BCUT2D eigenvalue weighted by Crippen LogP contribution is 2.34. The van der Waals surface area contributed by atoms with Crippen molar-refractivity contribution >= 4 is 64.5 Å². The standard InChI is InChI=1S/C40H53N11O12/c1-19(2)28(46-25(53)13-15-50-26(54)10-11-27(50)55)37(59)44-20(3)36(58)45-23-8-6-22(7-9-23)16-62-40(61)51-14-12-24(52)31(51)38(60)47-29-21(4)63-39(33(57)32(29)56)48-34-30-35(42-17-41-34)49(5)18-43-30/h6-11,17,19-21,24,28-29,31-33,39,43,52,56-57H,12-16,18H2,1-5H3,(H,44,59)(H,45,58)(H,46,53)(H,47,60)(H,41,42,48)/t20-,21-,24-,28-,29-,31+,32+,33-,39-/m0/s1. The molecule has 4 aliphatic heterocycles. The summed E-state index contributed by atoms with van der Waals surface area (Å²) in [6.45, 7) is 6.60. The van der Waals surface area contributed by atoms with Gasteiger partial charge in [-0.1, -0.05) is 26.0 Å². The van der Waals surface area contributed by atoms with Gasteiger partial charge < -0.3 is 61.6 Å². The van der Waals surface area contributed by atoms with Crippen molar-refractivity contribution in [3.8, 4) is 0 Å². The third-order valence-electron chi connectivity index (χ3n) is 11.1. The number of amides is 7. The topological polar surface area (TPSA) is 306 Å². The number of aliphatic hydroxyl groups is 3. The van der Waals surface area contributed by atoms with Crippen molar-refractivity contribution < 1.29 is 58.4 Å². The fourth-order valence-corrected chi connectivity index (χ4v) is 7.46. The zero-order valence-electron chi connectivity index (χ0n) is 35.3. The van der Waals surface area contributed by atoms with E-state index in [1.807, 2.05) is 11.9 Å². The van der Waals surface area contributed by atoms with Crippen LogP contribution in [0.15, 0.2) is 42.7 Å². The van der Waals surface area contributed by atoms with Crippen LogP contribution in [0.2, 0.25) is 0 Å². The Bertz CT molecular complexity index is 2090. The molecule has 9 N–H and O–H groups in total. The third kappa shape index (κ3) is 10.6. The van der Waals surface area contributed by atoms with E-state index in [9.17, 15) is 48.9 Å². The van der Waals surface area contributed by atoms with Crippen LogP contribution < -0.4 is 36.8 Å². The summed E-state index contributed by atoms with van der Waals surface area (Å²) in [5, 5.41) is 49.5. The Morgan fingerprint density at radius 3 is 2.35 bits per heavy atom. The van der Waals surface area contributed by atoms with Crippen LogP contribution in [0.1, 0.15) is 46.1 Å². The number of hydrogen-bond acceptors (Lipinski definition) is 17. The summed E-state index contributed by atoms with van der Waals surface area (Å²) in [6, 6.07) is 1.79. The molecule has 6 rings (SSSR count). The number of likely N-dealkylation sites (tertiary alicyclic amines) is 1. The molecule has 1 aromatic carbocycles. The van der Waals surface area contributed by atoms with E-state index in [0.717, 1.165) is 22.0 Å². The van der Waals surface area contributed by atoms with Gasteiger partial charge in [-0.3, -0.25) is 38.6 Å². The number of benzene rings is 1. The van der Waals surface area contributed by atoms with Crippen molar-refractivity contribution in [3.63, 3.8) is 0 Å². The molecule has 5 heterocycles. The molecule has 0 unspecified atom stereocenters. The molecule has 1 aromatic heterocycles. The summed E-state index contributed by atoms with van der Waals surface area (Å²) in [4.78, 5) is 101. The van der Waals surface area contributed by atoms with Crippen LogP contribution in [0, 0.1) is 5.92 Å². The number of fused-ring (bicyclic) bond motifs is 1. The summed E-state index contributed by atoms with van der Waals surface area (Å²) in [5.74, 6) is -2.92. The van der Waals surface area contributed by atoms with Gasteiger partial charge in [0.1, 0.15) is 49.0 Å². The van der Waals surface area contributed by atoms with Crippen molar-refractivity contribution in [2.75, 3.05) is 47.7 Å². The summed E-state index contributed by atoms with van der Waals surface area (Å²) in [7, 11) is 1.84. The molecule has 0 aliphatic carbocycles. The number of rotatable bonds is 15. The number of carbonyl (C=O) groups is 7. The van der Waals surface area contributed by atoms with Gasteiger partial charge >= 0.3 is 6.09 Å². The van der Waals surface area contributed by atoms with Crippen molar-refractivity contribution in [3.05, 3.63) is 48.3 Å². The lowest BCUT2D eigenvalue weighted by Gasteiger charge is -2.42. The molecule has 63 heavy (non-hydrogen) atoms. The zero-order valence-corrected chi connectivity index (χ0v) is 35.3. The number of aromatic nitrogens is 2. The highest BCUT2D eigenvalue weighted by Gasteiger charge is 2.48. The Hall–Kier alpha value is -6.43. The SMILES string of the molecule is CC(C)[C@H](NC(=O)CCN1C(=O)C=CC1=O)C(=O)N[C@@H](C)C(=O)Nc1ccc(COC(=O)N2CC[C@H](O)[C@@H]2C(=O)N[C@@H]2[C@@H](O)[C@H](O)[C@@H](Nc3ncnc4c3NCN4C)O[C@H]2C)cc1. The smallest absolute Gasteiger partial charge is 0.410 e. The summed E-state index contributed by atoms with van der Waals surface area (Å²) in [5.41, 5.74) is 1.49. The van der Waals surface area contributed by atoms with Crippen molar-refractivity contribution in [2.45, 2.75) is 102 Å². The molecule has 9 atom stereocenters. The molecule has 2 fully saturated rings. The Morgan fingerprint density at radius 1 is 0.968 bits per heavy atom. The van der Waals surface area contributed by atoms with Gasteiger partial charge in [-0.05, 0) is 43.9 Å². The lowest BCUT2D eigenvalue weighted by atomic mass is 9.95. The van der Waals surface area contributed by atoms with Gasteiger partial charge in [0, 0.05) is 44.4 Å². The molecule has 2 saturated heterocycles. The van der Waals surface area contributed by atoms with Gasteiger partial charge in [0.05, 0.1) is 24.9 Å². The normalized spacial score (nSPS) is 25.0. The monoisotopic (exact) mass is 879 g/mol. The first-order chi connectivity index (χ1) is 29.9. The van der Waals surface area contributed by atoms with Gasteiger partial charge in [-0.15, -0.1) is 0 Å². The van der Waals surface area contributed by atoms with Crippen LogP contribution in [0.4, 0.5) is 27.8 Å². The second-order valence-corrected chi connectivity index (χ2v) is 16.0. The maximum atomic E-state index is 13.6. The maximum Gasteiger partial charge on any atom is 0.410 e. The minimum absolute atomic E-state index is 0.00339. The lowest BCUT2D eigenvalue weighted by Crippen LogP contribution is -2.66. The molecule has 2 aromatic rings. The molecule has 0 bridgehead atoms. The van der Waals surface area contributed by atoms with E-state index in [4.69, 9.17) is 9.47 Å². The van der Waals surface area contributed by atoms with Crippen LogP contribution in [0.3, 0.4) is 0 Å². The number of aliphatic hydroxyl groups excluding tert-OH is 3. The Morgan fingerprint density at radius 2 is 1.67 bits per heavy atom. The van der Waals surface area contributed by atoms with Crippen LogP contribution in [-0.2, 0) is 44.8 Å². The quantitative estimate of drug-likeness (QED) is 0.0904. The van der Waals surface area contributed by atoms with Crippen LogP contribution in [0.25, 0.3) is 0 Å². The highest BCUT2D eigenvalue weighted by molar-refractivity contribution is 6.13. The molecule has 0 radical (unpaired) electrons. The van der Waals surface area contributed by atoms with Crippen LogP contribution in [0.5, 0.6) is 0 Å². The van der Waals surface area contributed by atoms with E-state index in [2.05, 4.69) is 41.9 Å². The number of ether oxygens (including phenoxy) is 2. The number of carbonyl (C=O) groups excluding carboxylic acids is 7. The molecule has 23 heteroatoms. The first kappa shape index (κ1) is 46.1. The number of nitrogens with zero attached hydrogens (tertiary/aromatic N) is 5. The summed E-state index contributed by atoms with van der Waals surface area (Å²) in [6.07, 6.45) is -3.64. The second kappa shape index (κ2) is 19.7. The maximum absolute atomic E-state index is 13.6. The van der Waals surface area contributed by atoms with Crippen molar-refractivity contribution in [1.82, 2.24) is 35.7 Å². The summed E-state index contributed by atoms with van der Waals surface area (Å²) < 4.78 is 11.4. The first-order valence-electron chi connectivity index (χ1n) is 20.5. The highest BCUT2D eigenvalue weighted by atomic mass is 16.6. The van der Waals surface area contributed by atoms with E-state index in [1.54, 1.807) is 45.0 Å². The molecule has 340 valence electrons. The second-order valence-electron chi connectivity index (χ2n) is 16.0. The number of hydrogen-bond donors (Lipinski definition) is 9. The summed E-state index contributed by atoms with van der Waals surface area (Å²) >= 11 is 0. The van der Waals surface area contributed by atoms with E-state index in [0.29, 0.717) is 35.2 Å². The molecule has 7 amide bonds. The Kier molecular flexibility index (Phi) is 14.4. The average Bonchev–Trinajstić information content (AvgIpc) is 3.94. The van der Waals surface area contributed by atoms with Crippen molar-refractivity contribution in [2.24, 2.45) is 5.92 Å². The van der Waals surface area contributed by atoms with Gasteiger partial charge in [0.15, 0.2) is 17.9 Å². The molecule has 4 aliphatic rings. The minimum atomic E-state index is -1.52. The van der Waals surface area contributed by atoms with E-state index >= 15 is 0 Å². The van der Waals surface area contributed by atoms with Crippen LogP contribution in [-0.4, -0.2) is 158 Å². The molecule has 0 saturated carbocycles.